The van der Waals surface area contributed by atoms with Gasteiger partial charge in [-0.25, -0.2) is 0 Å². The van der Waals surface area contributed by atoms with Crippen molar-refractivity contribution < 1.29 is 10.2 Å². The standard InChI is InChI=1S/C27H44O2/c1-17(2)7-6-8-18(3)21-9-10-22-20-16-25(29)24-15-19(28)11-13-27(24,5)23(20)12-14-26(21,22)4/h7,19-20,22-25,28-29H,6,8-16H2,1-5H3/b21-18+/t19-,20-,22-,23-,24+,25-,26+,27+/m0/s1. The largest absolute Gasteiger partial charge is 0.393 e. The molecule has 0 unspecified atom stereocenters. The van der Waals surface area contributed by atoms with Gasteiger partial charge in [-0.1, -0.05) is 36.6 Å². The molecule has 4 saturated carbocycles. The van der Waals surface area contributed by atoms with Crippen LogP contribution in [-0.2, 0) is 0 Å². The van der Waals surface area contributed by atoms with Crippen LogP contribution in [0.5, 0.6) is 0 Å². The fourth-order valence-corrected chi connectivity index (χ4v) is 8.52. The molecular formula is C27H44O2. The van der Waals surface area contributed by atoms with Crippen molar-refractivity contribution in [3.05, 3.63) is 22.8 Å². The van der Waals surface area contributed by atoms with Crippen molar-refractivity contribution in [2.75, 3.05) is 0 Å². The van der Waals surface area contributed by atoms with Crippen LogP contribution in [0.4, 0.5) is 0 Å². The quantitative estimate of drug-likeness (QED) is 0.536. The van der Waals surface area contributed by atoms with Gasteiger partial charge in [-0.3, -0.25) is 0 Å². The van der Waals surface area contributed by atoms with Gasteiger partial charge in [0.05, 0.1) is 12.2 Å². The lowest BCUT2D eigenvalue weighted by Gasteiger charge is -2.61. The van der Waals surface area contributed by atoms with Gasteiger partial charge in [0.15, 0.2) is 0 Å². The van der Waals surface area contributed by atoms with E-state index in [0.29, 0.717) is 17.3 Å². The van der Waals surface area contributed by atoms with E-state index >= 15 is 0 Å². The topological polar surface area (TPSA) is 40.5 Å². The molecule has 2 N–H and O–H groups in total. The van der Waals surface area contributed by atoms with Crippen LogP contribution in [-0.4, -0.2) is 22.4 Å². The molecule has 0 radical (unpaired) electrons. The normalized spacial score (nSPS) is 48.4. The molecule has 4 rings (SSSR count). The molecule has 2 nitrogen and oxygen atoms in total. The van der Waals surface area contributed by atoms with Gasteiger partial charge in [0, 0.05) is 0 Å². The van der Waals surface area contributed by atoms with Crippen molar-refractivity contribution in [1.82, 2.24) is 0 Å². The second-order valence-electron chi connectivity index (χ2n) is 11.8. The minimum Gasteiger partial charge on any atom is -0.393 e. The molecule has 0 saturated heterocycles. The van der Waals surface area contributed by atoms with Crippen molar-refractivity contribution in [2.24, 2.45) is 34.5 Å². The maximum atomic E-state index is 11.1. The zero-order valence-electron chi connectivity index (χ0n) is 19.5. The molecule has 0 amide bonds. The highest BCUT2D eigenvalue weighted by Gasteiger charge is 2.61. The predicted molar refractivity (Wildman–Crippen MR) is 120 cm³/mol. The molecule has 4 aliphatic rings. The Kier molecular flexibility index (Phi) is 5.84. The molecule has 0 bridgehead atoms. The Morgan fingerprint density at radius 1 is 0.966 bits per heavy atom. The first-order valence-electron chi connectivity index (χ1n) is 12.4. The Labute approximate surface area is 178 Å². The van der Waals surface area contributed by atoms with E-state index in [1.165, 1.54) is 44.1 Å². The molecule has 4 aliphatic carbocycles. The van der Waals surface area contributed by atoms with E-state index in [1.807, 2.05) is 0 Å². The molecule has 0 aliphatic heterocycles. The summed E-state index contributed by atoms with van der Waals surface area (Å²) in [5, 5.41) is 21.4. The fourth-order valence-electron chi connectivity index (χ4n) is 8.52. The van der Waals surface area contributed by atoms with Gasteiger partial charge in [-0.15, -0.1) is 0 Å². The number of aliphatic hydroxyl groups is 2. The predicted octanol–water partition coefficient (Wildman–Crippen LogP) is 6.42. The maximum absolute atomic E-state index is 11.1. The first-order valence-corrected chi connectivity index (χ1v) is 12.4. The van der Waals surface area contributed by atoms with Gasteiger partial charge < -0.3 is 10.2 Å². The lowest BCUT2D eigenvalue weighted by Crippen LogP contribution is -2.57. The molecule has 29 heavy (non-hydrogen) atoms. The van der Waals surface area contributed by atoms with Gasteiger partial charge in [0.2, 0.25) is 0 Å². The smallest absolute Gasteiger partial charge is 0.0577 e. The van der Waals surface area contributed by atoms with Gasteiger partial charge >= 0.3 is 0 Å². The van der Waals surface area contributed by atoms with E-state index in [-0.39, 0.29) is 17.6 Å². The van der Waals surface area contributed by atoms with Crippen LogP contribution < -0.4 is 0 Å². The minimum absolute atomic E-state index is 0.197. The Hall–Kier alpha value is -0.600. The van der Waals surface area contributed by atoms with E-state index in [9.17, 15) is 10.2 Å². The highest BCUT2D eigenvalue weighted by atomic mass is 16.3. The van der Waals surface area contributed by atoms with Gasteiger partial charge in [0.1, 0.15) is 0 Å². The summed E-state index contributed by atoms with van der Waals surface area (Å²) >= 11 is 0. The average Bonchev–Trinajstić information content (AvgIpc) is 3.00. The fraction of sp³-hybridized carbons (Fsp3) is 0.852. The Morgan fingerprint density at radius 3 is 2.45 bits per heavy atom. The first kappa shape index (κ1) is 21.6. The number of hydrogen-bond donors (Lipinski definition) is 2. The lowest BCUT2D eigenvalue weighted by molar-refractivity contribution is -0.164. The summed E-state index contributed by atoms with van der Waals surface area (Å²) in [4.78, 5) is 0. The summed E-state index contributed by atoms with van der Waals surface area (Å²) in [7, 11) is 0. The molecular weight excluding hydrogens is 356 g/mol. The molecule has 0 spiro atoms. The van der Waals surface area contributed by atoms with Crippen molar-refractivity contribution in [2.45, 2.75) is 111 Å². The van der Waals surface area contributed by atoms with E-state index in [4.69, 9.17) is 0 Å². The van der Waals surface area contributed by atoms with Crippen LogP contribution in [0.25, 0.3) is 0 Å². The number of hydrogen-bond acceptors (Lipinski definition) is 2. The van der Waals surface area contributed by atoms with Gasteiger partial charge in [-0.05, 0) is 119 Å². The second kappa shape index (κ2) is 7.83. The molecule has 0 aromatic carbocycles. The molecule has 164 valence electrons. The molecule has 4 fully saturated rings. The summed E-state index contributed by atoms with van der Waals surface area (Å²) in [5.74, 6) is 2.46. The number of allylic oxidation sites excluding steroid dienone is 4. The monoisotopic (exact) mass is 400 g/mol. The average molecular weight is 401 g/mol. The van der Waals surface area contributed by atoms with Crippen molar-refractivity contribution in [1.29, 1.82) is 0 Å². The van der Waals surface area contributed by atoms with Crippen LogP contribution in [0, 0.1) is 34.5 Å². The number of aliphatic hydroxyl groups excluding tert-OH is 2. The summed E-state index contributed by atoms with van der Waals surface area (Å²) in [5.41, 5.74) is 5.42. The van der Waals surface area contributed by atoms with Crippen LogP contribution in [0.15, 0.2) is 22.8 Å². The van der Waals surface area contributed by atoms with E-state index in [1.54, 1.807) is 11.1 Å². The van der Waals surface area contributed by atoms with Crippen LogP contribution in [0.2, 0.25) is 0 Å². The number of fused-ring (bicyclic) bond motifs is 5. The zero-order chi connectivity index (χ0) is 21.0. The van der Waals surface area contributed by atoms with Gasteiger partial charge in [-0.2, -0.15) is 0 Å². The Bertz CT molecular complexity index is 687. The van der Waals surface area contributed by atoms with Crippen LogP contribution in [0.1, 0.15) is 98.8 Å². The SMILES string of the molecule is CC(C)=CCC/C(C)=C1\CC[C@H]2[C@@H]3C[C@H](O)[C@H]4C[C@@H](O)CC[C@]4(C)[C@H]3CC[C@]12C. The third-order valence-electron chi connectivity index (χ3n) is 10.0. The second-order valence-corrected chi connectivity index (χ2v) is 11.8. The third kappa shape index (κ3) is 3.57. The highest BCUT2D eigenvalue weighted by Crippen LogP contribution is 2.67. The minimum atomic E-state index is -0.217. The molecule has 0 aromatic heterocycles. The molecule has 8 atom stereocenters. The lowest BCUT2D eigenvalue weighted by atomic mass is 9.44. The summed E-state index contributed by atoms with van der Waals surface area (Å²) < 4.78 is 0. The Morgan fingerprint density at radius 2 is 1.72 bits per heavy atom. The summed E-state index contributed by atoms with van der Waals surface area (Å²) in [6, 6.07) is 0. The third-order valence-corrected chi connectivity index (χ3v) is 10.0. The van der Waals surface area contributed by atoms with Crippen LogP contribution in [0.3, 0.4) is 0 Å². The summed E-state index contributed by atoms with van der Waals surface area (Å²) in [6.07, 6.45) is 13.4. The van der Waals surface area contributed by atoms with E-state index in [2.05, 4.69) is 40.7 Å². The Balaban J connectivity index is 1.58. The number of rotatable bonds is 3. The van der Waals surface area contributed by atoms with E-state index in [0.717, 1.165) is 37.5 Å². The van der Waals surface area contributed by atoms with Gasteiger partial charge in [0.25, 0.3) is 0 Å². The molecule has 0 heterocycles. The van der Waals surface area contributed by atoms with Crippen molar-refractivity contribution in [3.8, 4) is 0 Å². The first-order chi connectivity index (χ1) is 13.7. The highest BCUT2D eigenvalue weighted by molar-refractivity contribution is 5.29. The zero-order valence-corrected chi connectivity index (χ0v) is 19.5. The van der Waals surface area contributed by atoms with E-state index < -0.39 is 0 Å². The van der Waals surface area contributed by atoms with Crippen LogP contribution >= 0.6 is 0 Å². The molecule has 0 aromatic rings. The van der Waals surface area contributed by atoms with Crippen molar-refractivity contribution >= 4 is 0 Å². The molecule has 2 heteroatoms. The maximum Gasteiger partial charge on any atom is 0.0577 e. The van der Waals surface area contributed by atoms with Crippen molar-refractivity contribution in [3.63, 3.8) is 0 Å². The summed E-state index contributed by atoms with van der Waals surface area (Å²) in [6.45, 7) is 11.8.